The largest absolute Gasteiger partial charge is 0.465 e. The van der Waals surface area contributed by atoms with E-state index in [9.17, 15) is 33.9 Å². The number of aliphatic hydroxyl groups is 1. The van der Waals surface area contributed by atoms with Crippen molar-refractivity contribution >= 4 is 35.8 Å². The van der Waals surface area contributed by atoms with E-state index in [0.717, 1.165) is 103 Å². The van der Waals surface area contributed by atoms with Crippen LogP contribution in [-0.2, 0) is 57.2 Å². The molecule has 0 aromatic rings. The maximum Gasteiger partial charge on any atom is 0.308 e. The quantitative estimate of drug-likeness (QED) is 0.0346. The van der Waals surface area contributed by atoms with E-state index < -0.39 is 11.8 Å². The van der Waals surface area contributed by atoms with Gasteiger partial charge in [0.15, 0.2) is 0 Å². The number of unbranched alkanes of at least 4 members (excludes halogenated alkanes) is 10. The van der Waals surface area contributed by atoms with Crippen molar-refractivity contribution in [2.75, 3.05) is 65.9 Å². The fourth-order valence-corrected chi connectivity index (χ4v) is 13.3. The number of ether oxygens (including phenoxy) is 6. The third-order valence-corrected chi connectivity index (χ3v) is 19.0. The lowest BCUT2D eigenvalue weighted by atomic mass is 9.80. The Kier molecular flexibility index (Phi) is 38.4. The van der Waals surface area contributed by atoms with E-state index >= 15 is 0 Å². The van der Waals surface area contributed by atoms with Crippen LogP contribution in [-0.4, -0.2) is 112 Å². The second-order valence-electron chi connectivity index (χ2n) is 26.0. The molecule has 4 aliphatic rings. The molecule has 14 nitrogen and oxygen atoms in total. The highest BCUT2D eigenvalue weighted by molar-refractivity contribution is 5.74. The normalized spacial score (nSPS) is 23.8. The van der Waals surface area contributed by atoms with Gasteiger partial charge in [-0.3, -0.25) is 28.8 Å². The first kappa shape index (κ1) is 71.2. The van der Waals surface area contributed by atoms with Gasteiger partial charge < -0.3 is 38.4 Å². The highest BCUT2D eigenvalue weighted by Gasteiger charge is 2.33. The van der Waals surface area contributed by atoms with Crippen LogP contribution in [0.25, 0.3) is 0 Å². The zero-order chi connectivity index (χ0) is 59.0. The Labute approximate surface area is 497 Å². The third-order valence-electron chi connectivity index (χ3n) is 19.0. The van der Waals surface area contributed by atoms with Gasteiger partial charge in [-0.1, -0.05) is 130 Å². The zero-order valence-electron chi connectivity index (χ0n) is 52.5. The van der Waals surface area contributed by atoms with Crippen LogP contribution in [0.2, 0.25) is 0 Å². The Morgan fingerprint density at radius 2 is 0.598 bits per heavy atom. The maximum atomic E-state index is 13.3. The van der Waals surface area contributed by atoms with Crippen LogP contribution >= 0.6 is 0 Å². The Balaban J connectivity index is 1.17. The molecule has 474 valence electrons. The predicted octanol–water partition coefficient (Wildman–Crippen LogP) is 14.7. The van der Waals surface area contributed by atoms with Gasteiger partial charge in [0.2, 0.25) is 0 Å². The van der Waals surface area contributed by atoms with Crippen molar-refractivity contribution < 1.29 is 62.3 Å². The maximum absolute atomic E-state index is 13.3. The molecule has 0 bridgehead atoms. The van der Waals surface area contributed by atoms with E-state index in [4.69, 9.17) is 28.4 Å². The van der Waals surface area contributed by atoms with E-state index in [1.807, 2.05) is 0 Å². The number of esters is 6. The van der Waals surface area contributed by atoms with Crippen LogP contribution in [0.1, 0.15) is 272 Å². The van der Waals surface area contributed by atoms with E-state index in [-0.39, 0.29) is 119 Å². The minimum absolute atomic E-state index is 0.00540. The Morgan fingerprint density at radius 3 is 0.841 bits per heavy atom. The van der Waals surface area contributed by atoms with Crippen molar-refractivity contribution in [3.8, 4) is 0 Å². The van der Waals surface area contributed by atoms with Gasteiger partial charge in [-0.05, 0) is 165 Å². The Bertz CT molecular complexity index is 1500. The first-order valence-corrected chi connectivity index (χ1v) is 34.3. The molecule has 4 rings (SSSR count). The summed E-state index contributed by atoms with van der Waals surface area (Å²) in [6, 6.07) is 0. The summed E-state index contributed by atoms with van der Waals surface area (Å²) in [5.41, 5.74) is 0. The smallest absolute Gasteiger partial charge is 0.308 e. The van der Waals surface area contributed by atoms with Crippen LogP contribution < -0.4 is 0 Å². The average molecular weight is 1160 g/mol. The fourth-order valence-electron chi connectivity index (χ4n) is 13.3. The van der Waals surface area contributed by atoms with Crippen molar-refractivity contribution in [2.45, 2.75) is 272 Å². The molecule has 0 radical (unpaired) electrons. The standard InChI is InChI=1S/C68H119NO13/c1-5-9-13-21-53-27-35-59(36-28-53)65(73)79-49-57(50-80-66(74)60-37-29-54(30-38-60)22-14-10-6-2)47-77-63(71)25-17-19-43-69(45-46-70)44-20-18-26-64(72)78-48-58(51-81-67(75)61-39-31-55(32-40-61)23-15-11-7-3)52-82-68(76)62-41-33-56(34-42-62)24-16-12-8-4/h53-62,70H,5-52H2,1-4H3. The van der Waals surface area contributed by atoms with Gasteiger partial charge in [0.05, 0.1) is 42.1 Å². The summed E-state index contributed by atoms with van der Waals surface area (Å²) in [5, 5.41) is 9.85. The SMILES string of the molecule is CCCCCC1CCC(C(=O)OCC(COC(=O)CCCCN(CCO)CCCCC(=O)OCC(COC(=O)C2CCC(CCCCC)CC2)COC(=O)C2CCC(CCCCC)CC2)COC(=O)C2CCC(CCCCC)CC2)CC1. The molecule has 4 fully saturated rings. The molecule has 0 aromatic carbocycles. The van der Waals surface area contributed by atoms with Crippen LogP contribution in [0.15, 0.2) is 0 Å². The Morgan fingerprint density at radius 1 is 0.341 bits per heavy atom. The number of aliphatic hydroxyl groups excluding tert-OH is 1. The van der Waals surface area contributed by atoms with Gasteiger partial charge in [-0.25, -0.2) is 0 Å². The van der Waals surface area contributed by atoms with Gasteiger partial charge in [0, 0.05) is 19.4 Å². The molecular weight excluding hydrogens is 1040 g/mol. The van der Waals surface area contributed by atoms with E-state index in [0.29, 0.717) is 69.0 Å². The monoisotopic (exact) mass is 1160 g/mol. The number of hydrogen-bond donors (Lipinski definition) is 1. The lowest BCUT2D eigenvalue weighted by molar-refractivity contribution is -0.161. The van der Waals surface area contributed by atoms with Crippen molar-refractivity contribution in [1.29, 1.82) is 0 Å². The molecule has 4 saturated carbocycles. The lowest BCUT2D eigenvalue weighted by Gasteiger charge is -2.28. The molecule has 0 amide bonds. The molecule has 0 heterocycles. The summed E-state index contributed by atoms with van der Waals surface area (Å²) in [5.74, 6) is -0.260. The van der Waals surface area contributed by atoms with Gasteiger partial charge >= 0.3 is 35.8 Å². The van der Waals surface area contributed by atoms with Gasteiger partial charge in [0.25, 0.3) is 0 Å². The predicted molar refractivity (Wildman–Crippen MR) is 322 cm³/mol. The minimum Gasteiger partial charge on any atom is -0.465 e. The van der Waals surface area contributed by atoms with Crippen molar-refractivity contribution in [3.63, 3.8) is 0 Å². The highest BCUT2D eigenvalue weighted by Crippen LogP contribution is 2.36. The van der Waals surface area contributed by atoms with E-state index in [2.05, 4.69) is 32.6 Å². The summed E-state index contributed by atoms with van der Waals surface area (Å²) in [6.07, 6.45) is 37.7. The first-order chi connectivity index (χ1) is 39.9. The Hall–Kier alpha value is -3.26. The van der Waals surface area contributed by atoms with Gasteiger partial charge in [-0.2, -0.15) is 0 Å². The summed E-state index contributed by atoms with van der Waals surface area (Å²) in [4.78, 5) is 81.3. The second kappa shape index (κ2) is 44.2. The average Bonchev–Trinajstić information content (AvgIpc) is 3.54. The fraction of sp³-hybridized carbons (Fsp3) is 0.912. The minimum atomic E-state index is -0.459. The topological polar surface area (TPSA) is 181 Å². The molecule has 82 heavy (non-hydrogen) atoms. The molecule has 0 saturated heterocycles. The zero-order valence-corrected chi connectivity index (χ0v) is 52.5. The van der Waals surface area contributed by atoms with E-state index in [1.54, 1.807) is 0 Å². The molecule has 0 atom stereocenters. The molecule has 1 N–H and O–H groups in total. The van der Waals surface area contributed by atoms with Crippen LogP contribution in [0.3, 0.4) is 0 Å². The number of nitrogens with zero attached hydrogens (tertiary/aromatic N) is 1. The van der Waals surface area contributed by atoms with Crippen molar-refractivity contribution in [2.24, 2.45) is 59.2 Å². The molecule has 0 aromatic heterocycles. The van der Waals surface area contributed by atoms with E-state index in [1.165, 1.54) is 103 Å². The summed E-state index contributed by atoms with van der Waals surface area (Å²) in [6.45, 7) is 10.8. The van der Waals surface area contributed by atoms with Crippen LogP contribution in [0.5, 0.6) is 0 Å². The van der Waals surface area contributed by atoms with Gasteiger partial charge in [0.1, 0.15) is 39.6 Å². The third kappa shape index (κ3) is 30.7. The van der Waals surface area contributed by atoms with Crippen molar-refractivity contribution in [1.82, 2.24) is 4.90 Å². The number of hydrogen-bond acceptors (Lipinski definition) is 14. The molecular formula is C68H119NO13. The molecule has 4 aliphatic carbocycles. The number of carbonyl (C=O) groups excluding carboxylic acids is 6. The molecule has 0 unspecified atom stereocenters. The second-order valence-corrected chi connectivity index (χ2v) is 26.0. The number of carbonyl (C=O) groups is 6. The molecule has 0 spiro atoms. The molecule has 0 aliphatic heterocycles. The van der Waals surface area contributed by atoms with Crippen molar-refractivity contribution in [3.05, 3.63) is 0 Å². The lowest BCUT2D eigenvalue weighted by Crippen LogP contribution is -2.31. The van der Waals surface area contributed by atoms with Crippen LogP contribution in [0, 0.1) is 59.2 Å². The number of rotatable bonds is 44. The summed E-state index contributed by atoms with van der Waals surface area (Å²) in [7, 11) is 0. The van der Waals surface area contributed by atoms with Crippen LogP contribution in [0.4, 0.5) is 0 Å². The molecule has 14 heteroatoms. The summed E-state index contributed by atoms with van der Waals surface area (Å²) >= 11 is 0. The van der Waals surface area contributed by atoms with Gasteiger partial charge in [-0.15, -0.1) is 0 Å². The highest BCUT2D eigenvalue weighted by atomic mass is 16.6. The summed E-state index contributed by atoms with van der Waals surface area (Å²) < 4.78 is 34.9. The first-order valence-electron chi connectivity index (χ1n) is 34.3.